The Labute approximate surface area is 99.0 Å². The molecule has 1 aliphatic rings. The number of carboxylic acid groups (broad SMARTS) is 2. The van der Waals surface area contributed by atoms with E-state index in [1.54, 1.807) is 0 Å². The number of aliphatic carboxylic acids is 2. The first-order valence-corrected chi connectivity index (χ1v) is 5.73. The van der Waals surface area contributed by atoms with Crippen molar-refractivity contribution in [1.82, 2.24) is 5.32 Å². The number of hydrogen-bond donors (Lipinski definition) is 3. The fraction of sp³-hybridized carbons (Fsp3) is 0.727. The van der Waals surface area contributed by atoms with Gasteiger partial charge in [0.1, 0.15) is 0 Å². The van der Waals surface area contributed by atoms with Gasteiger partial charge in [-0.05, 0) is 25.7 Å². The third-order valence-electron chi connectivity index (χ3n) is 3.02. The van der Waals surface area contributed by atoms with E-state index in [1.807, 2.05) is 0 Å². The van der Waals surface area contributed by atoms with Crippen LogP contribution in [0.2, 0.25) is 0 Å². The predicted octanol–water partition coefficient (Wildman–Crippen LogP) is 0.468. The number of nitrogens with one attached hydrogen (secondary N) is 1. The minimum absolute atomic E-state index is 0.0305. The monoisotopic (exact) mass is 243 g/mol. The molecular weight excluding hydrogens is 226 g/mol. The minimum atomic E-state index is -0.883. The second kappa shape index (κ2) is 6.22. The van der Waals surface area contributed by atoms with Crippen LogP contribution in [0.15, 0.2) is 0 Å². The number of carboxylic acids is 2. The van der Waals surface area contributed by atoms with Crippen LogP contribution >= 0.6 is 0 Å². The molecule has 2 atom stereocenters. The van der Waals surface area contributed by atoms with Crippen LogP contribution in [-0.4, -0.2) is 34.6 Å². The Hall–Kier alpha value is -1.59. The first-order valence-electron chi connectivity index (χ1n) is 5.73. The zero-order chi connectivity index (χ0) is 12.8. The molecule has 17 heavy (non-hydrogen) atoms. The molecule has 3 N–H and O–H groups in total. The van der Waals surface area contributed by atoms with Gasteiger partial charge >= 0.3 is 11.9 Å². The van der Waals surface area contributed by atoms with Crippen molar-refractivity contribution < 1.29 is 24.6 Å². The minimum Gasteiger partial charge on any atom is -0.481 e. The van der Waals surface area contributed by atoms with Crippen LogP contribution in [0, 0.1) is 11.8 Å². The summed E-state index contributed by atoms with van der Waals surface area (Å²) >= 11 is 0. The number of carbonyl (C=O) groups is 3. The number of hydrogen-bond acceptors (Lipinski definition) is 3. The summed E-state index contributed by atoms with van der Waals surface area (Å²) in [6.07, 6.45) is 1.96. The van der Waals surface area contributed by atoms with Crippen LogP contribution in [0.25, 0.3) is 0 Å². The molecule has 1 aliphatic carbocycles. The fourth-order valence-corrected chi connectivity index (χ4v) is 2.04. The van der Waals surface area contributed by atoms with E-state index in [4.69, 9.17) is 10.2 Å². The van der Waals surface area contributed by atoms with Gasteiger partial charge in [-0.2, -0.15) is 0 Å². The first-order chi connectivity index (χ1) is 8.00. The van der Waals surface area contributed by atoms with E-state index in [1.165, 1.54) is 0 Å². The third-order valence-corrected chi connectivity index (χ3v) is 3.02. The predicted molar refractivity (Wildman–Crippen MR) is 58.3 cm³/mol. The van der Waals surface area contributed by atoms with Gasteiger partial charge in [-0.15, -0.1) is 0 Å². The molecule has 0 aromatic heterocycles. The zero-order valence-electron chi connectivity index (χ0n) is 9.52. The standard InChI is InChI=1S/C11H17NO5/c13-9(14)2-1-5-12-10(15)7-3-4-8(6-7)11(16)17/h7-8H,1-6H2,(H,12,15)(H,13,14)(H,16,17)/t7-,8+/m1/s1. The van der Waals surface area contributed by atoms with E-state index in [0.717, 1.165) is 0 Å². The number of amides is 1. The van der Waals surface area contributed by atoms with E-state index in [-0.39, 0.29) is 18.2 Å². The highest BCUT2D eigenvalue weighted by Gasteiger charge is 2.33. The van der Waals surface area contributed by atoms with E-state index in [9.17, 15) is 14.4 Å². The number of carbonyl (C=O) groups excluding carboxylic acids is 1. The topological polar surface area (TPSA) is 104 Å². The highest BCUT2D eigenvalue weighted by Crippen LogP contribution is 2.30. The molecule has 0 radical (unpaired) electrons. The summed E-state index contributed by atoms with van der Waals surface area (Å²) in [6, 6.07) is 0. The smallest absolute Gasteiger partial charge is 0.306 e. The van der Waals surface area contributed by atoms with Crippen molar-refractivity contribution in [2.45, 2.75) is 32.1 Å². The Bertz CT molecular complexity index is 315. The first kappa shape index (κ1) is 13.5. The quantitative estimate of drug-likeness (QED) is 0.588. The molecule has 0 spiro atoms. The number of rotatable bonds is 6. The Morgan fingerprint density at radius 3 is 2.29 bits per heavy atom. The van der Waals surface area contributed by atoms with E-state index < -0.39 is 17.9 Å². The average Bonchev–Trinajstić information content (AvgIpc) is 2.73. The van der Waals surface area contributed by atoms with Gasteiger partial charge in [0.2, 0.25) is 5.91 Å². The van der Waals surface area contributed by atoms with E-state index >= 15 is 0 Å². The van der Waals surface area contributed by atoms with Gasteiger partial charge in [0.05, 0.1) is 5.92 Å². The molecule has 96 valence electrons. The maximum atomic E-state index is 11.6. The molecule has 0 unspecified atom stereocenters. The highest BCUT2D eigenvalue weighted by molar-refractivity contribution is 5.80. The lowest BCUT2D eigenvalue weighted by atomic mass is 10.0. The van der Waals surface area contributed by atoms with Gasteiger partial charge in [-0.25, -0.2) is 0 Å². The van der Waals surface area contributed by atoms with E-state index in [0.29, 0.717) is 32.2 Å². The maximum absolute atomic E-state index is 11.6. The molecule has 1 saturated carbocycles. The molecule has 0 aliphatic heterocycles. The Kier molecular flexibility index (Phi) is 4.93. The van der Waals surface area contributed by atoms with Crippen molar-refractivity contribution in [3.63, 3.8) is 0 Å². The van der Waals surface area contributed by atoms with Crippen LogP contribution in [0.1, 0.15) is 32.1 Å². The molecule has 0 heterocycles. The van der Waals surface area contributed by atoms with Crippen molar-refractivity contribution in [1.29, 1.82) is 0 Å². The lowest BCUT2D eigenvalue weighted by Gasteiger charge is -2.10. The van der Waals surface area contributed by atoms with Crippen LogP contribution < -0.4 is 5.32 Å². The van der Waals surface area contributed by atoms with Gasteiger partial charge < -0.3 is 15.5 Å². The summed E-state index contributed by atoms with van der Waals surface area (Å²) in [4.78, 5) is 32.6. The van der Waals surface area contributed by atoms with Gasteiger partial charge in [0, 0.05) is 18.9 Å². The van der Waals surface area contributed by atoms with Crippen molar-refractivity contribution in [2.24, 2.45) is 11.8 Å². The largest absolute Gasteiger partial charge is 0.481 e. The Morgan fingerprint density at radius 2 is 1.76 bits per heavy atom. The SMILES string of the molecule is O=C(O)CCCNC(=O)[C@@H]1CC[C@H](C(=O)O)C1. The molecule has 0 bridgehead atoms. The molecule has 0 aromatic rings. The van der Waals surface area contributed by atoms with Crippen LogP contribution in [0.3, 0.4) is 0 Å². The van der Waals surface area contributed by atoms with Crippen LogP contribution in [-0.2, 0) is 14.4 Å². The van der Waals surface area contributed by atoms with Gasteiger partial charge in [0.25, 0.3) is 0 Å². The van der Waals surface area contributed by atoms with Crippen molar-refractivity contribution in [3.05, 3.63) is 0 Å². The highest BCUT2D eigenvalue weighted by atomic mass is 16.4. The van der Waals surface area contributed by atoms with Crippen LogP contribution in [0.4, 0.5) is 0 Å². The van der Waals surface area contributed by atoms with Crippen LogP contribution in [0.5, 0.6) is 0 Å². The zero-order valence-corrected chi connectivity index (χ0v) is 9.52. The molecule has 1 fully saturated rings. The molecule has 6 nitrogen and oxygen atoms in total. The molecule has 0 saturated heterocycles. The van der Waals surface area contributed by atoms with Gasteiger partial charge in [-0.1, -0.05) is 0 Å². The van der Waals surface area contributed by atoms with E-state index in [2.05, 4.69) is 5.32 Å². The molecule has 1 rings (SSSR count). The van der Waals surface area contributed by atoms with Gasteiger partial charge in [0.15, 0.2) is 0 Å². The third kappa shape index (κ3) is 4.42. The average molecular weight is 243 g/mol. The summed E-state index contributed by atoms with van der Waals surface area (Å²) in [5, 5.41) is 19.8. The van der Waals surface area contributed by atoms with Crippen molar-refractivity contribution in [3.8, 4) is 0 Å². The van der Waals surface area contributed by atoms with Gasteiger partial charge in [-0.3, -0.25) is 14.4 Å². The molecule has 0 aromatic carbocycles. The van der Waals surface area contributed by atoms with Crippen molar-refractivity contribution >= 4 is 17.8 Å². The lowest BCUT2D eigenvalue weighted by molar-refractivity contribution is -0.141. The molecule has 1 amide bonds. The summed E-state index contributed by atoms with van der Waals surface area (Å²) in [7, 11) is 0. The second-order valence-electron chi connectivity index (χ2n) is 4.33. The molecular formula is C11H17NO5. The Balaban J connectivity index is 2.21. The lowest BCUT2D eigenvalue weighted by Crippen LogP contribution is -2.30. The Morgan fingerprint density at radius 1 is 1.12 bits per heavy atom. The maximum Gasteiger partial charge on any atom is 0.306 e. The summed E-state index contributed by atoms with van der Waals surface area (Å²) in [5.41, 5.74) is 0. The normalized spacial score (nSPS) is 23.3. The summed E-state index contributed by atoms with van der Waals surface area (Å²) in [5.74, 6) is -2.53. The molecule has 6 heteroatoms. The van der Waals surface area contributed by atoms with Crippen molar-refractivity contribution in [2.75, 3.05) is 6.54 Å². The summed E-state index contributed by atoms with van der Waals surface area (Å²) in [6.45, 7) is 0.333. The summed E-state index contributed by atoms with van der Waals surface area (Å²) < 4.78 is 0. The second-order valence-corrected chi connectivity index (χ2v) is 4.33. The fourth-order valence-electron chi connectivity index (χ4n) is 2.04.